The van der Waals surface area contributed by atoms with E-state index in [4.69, 9.17) is 16.7 Å². The van der Waals surface area contributed by atoms with Gasteiger partial charge in [-0.15, -0.1) is 0 Å². The predicted molar refractivity (Wildman–Crippen MR) is 91.5 cm³/mol. The maximum atomic E-state index is 12.9. The molecule has 0 unspecified atom stereocenters. The Morgan fingerprint density at radius 2 is 1.92 bits per heavy atom. The summed E-state index contributed by atoms with van der Waals surface area (Å²) in [6, 6.07) is 9.21. The number of hydrogen-bond acceptors (Lipinski definition) is 5. The van der Waals surface area contributed by atoms with Crippen molar-refractivity contribution in [3.63, 3.8) is 0 Å². The van der Waals surface area contributed by atoms with Gasteiger partial charge in [-0.3, -0.25) is 19.2 Å². The molecule has 0 radical (unpaired) electrons. The molecule has 0 heterocycles. The predicted octanol–water partition coefficient (Wildman–Crippen LogP) is 2.84. The lowest BCUT2D eigenvalue weighted by Crippen LogP contribution is -2.36. The molecular formula is C15H13ClN2O6S. The summed E-state index contributed by atoms with van der Waals surface area (Å²) < 4.78 is 26.4. The average molecular weight is 385 g/mol. The highest BCUT2D eigenvalue weighted by Crippen LogP contribution is 2.31. The number of nitro benzene ring substituents is 1. The highest BCUT2D eigenvalue weighted by atomic mass is 35.5. The Balaban J connectivity index is 2.64. The summed E-state index contributed by atoms with van der Waals surface area (Å²) in [5, 5.41) is 20.2. The van der Waals surface area contributed by atoms with Crippen molar-refractivity contribution in [1.82, 2.24) is 0 Å². The summed E-state index contributed by atoms with van der Waals surface area (Å²) in [4.78, 5) is 21.1. The number of anilines is 1. The molecule has 2 aromatic rings. The van der Waals surface area contributed by atoms with E-state index < -0.39 is 32.4 Å². The Morgan fingerprint density at radius 1 is 1.28 bits per heavy atom. The number of halogens is 1. The Kier molecular flexibility index (Phi) is 5.29. The average Bonchev–Trinajstić information content (AvgIpc) is 2.53. The largest absolute Gasteiger partial charge is 0.480 e. The third-order valence-electron chi connectivity index (χ3n) is 3.37. The number of sulfonamides is 1. The van der Waals surface area contributed by atoms with Crippen LogP contribution in [0.3, 0.4) is 0 Å². The topological polar surface area (TPSA) is 118 Å². The van der Waals surface area contributed by atoms with Gasteiger partial charge in [0.25, 0.3) is 15.7 Å². The number of carboxylic acid groups (broad SMARTS) is 1. The van der Waals surface area contributed by atoms with E-state index in [-0.39, 0.29) is 22.0 Å². The quantitative estimate of drug-likeness (QED) is 0.604. The van der Waals surface area contributed by atoms with Crippen LogP contribution in [-0.4, -0.2) is 31.0 Å². The number of aryl methyl sites for hydroxylation is 1. The number of aliphatic carboxylic acids is 1. The first-order valence-corrected chi connectivity index (χ1v) is 8.70. The number of nitrogens with zero attached hydrogens (tertiary/aromatic N) is 2. The first kappa shape index (κ1) is 18.7. The van der Waals surface area contributed by atoms with E-state index in [9.17, 15) is 23.3 Å². The van der Waals surface area contributed by atoms with Crippen molar-refractivity contribution >= 4 is 39.0 Å². The van der Waals surface area contributed by atoms with Gasteiger partial charge in [0.1, 0.15) is 6.54 Å². The number of carboxylic acids is 1. The molecule has 25 heavy (non-hydrogen) atoms. The molecule has 0 aliphatic rings. The highest BCUT2D eigenvalue weighted by Gasteiger charge is 2.30. The number of hydrogen-bond donors (Lipinski definition) is 1. The summed E-state index contributed by atoms with van der Waals surface area (Å²) >= 11 is 6.00. The Bertz CT molecular complexity index is 945. The van der Waals surface area contributed by atoms with Gasteiger partial charge in [0.2, 0.25) is 0 Å². The van der Waals surface area contributed by atoms with Crippen molar-refractivity contribution in [2.45, 2.75) is 11.8 Å². The minimum Gasteiger partial charge on any atom is -0.480 e. The molecule has 0 fully saturated rings. The van der Waals surface area contributed by atoms with Crippen molar-refractivity contribution < 1.29 is 23.2 Å². The SMILES string of the molecule is Cc1ccc(S(=O)(=O)N(CC(=O)O)c2ccccc2Cl)cc1[N+](=O)[O-]. The van der Waals surface area contributed by atoms with Gasteiger partial charge in [0, 0.05) is 11.6 Å². The van der Waals surface area contributed by atoms with Crippen molar-refractivity contribution in [3.8, 4) is 0 Å². The summed E-state index contributed by atoms with van der Waals surface area (Å²) in [6.45, 7) is 0.589. The monoisotopic (exact) mass is 384 g/mol. The fourth-order valence-corrected chi connectivity index (χ4v) is 3.89. The zero-order chi connectivity index (χ0) is 18.8. The van der Waals surface area contributed by atoms with Crippen LogP contribution in [0.25, 0.3) is 0 Å². The molecular weight excluding hydrogens is 372 g/mol. The van der Waals surface area contributed by atoms with Gasteiger partial charge in [0.15, 0.2) is 0 Å². The van der Waals surface area contributed by atoms with Crippen molar-refractivity contribution in [1.29, 1.82) is 0 Å². The van der Waals surface area contributed by atoms with Gasteiger partial charge >= 0.3 is 5.97 Å². The fourth-order valence-electron chi connectivity index (χ4n) is 2.15. The minimum absolute atomic E-state index is 0.0326. The van der Waals surface area contributed by atoms with E-state index >= 15 is 0 Å². The minimum atomic E-state index is -4.38. The highest BCUT2D eigenvalue weighted by molar-refractivity contribution is 7.92. The molecule has 1 N–H and O–H groups in total. The molecule has 0 saturated carbocycles. The maximum absolute atomic E-state index is 12.9. The lowest BCUT2D eigenvalue weighted by Gasteiger charge is -2.23. The van der Waals surface area contributed by atoms with Crippen molar-refractivity contribution in [3.05, 3.63) is 63.2 Å². The molecule has 132 valence electrons. The molecule has 0 saturated heterocycles. The van der Waals surface area contributed by atoms with Gasteiger partial charge in [0.05, 0.1) is 20.5 Å². The van der Waals surface area contributed by atoms with E-state index in [1.54, 1.807) is 6.07 Å². The van der Waals surface area contributed by atoms with E-state index in [1.807, 2.05) is 0 Å². The fraction of sp³-hybridized carbons (Fsp3) is 0.133. The molecule has 0 bridgehead atoms. The summed E-state index contributed by atoms with van der Waals surface area (Å²) in [5.41, 5.74) is -0.128. The number of para-hydroxylation sites is 1. The third-order valence-corrected chi connectivity index (χ3v) is 5.44. The number of rotatable bonds is 6. The second kappa shape index (κ2) is 7.08. The Labute approximate surface area is 148 Å². The first-order chi connectivity index (χ1) is 11.6. The smallest absolute Gasteiger partial charge is 0.324 e. The zero-order valence-corrected chi connectivity index (χ0v) is 14.5. The Morgan fingerprint density at radius 3 is 2.48 bits per heavy atom. The van der Waals surface area contributed by atoms with Gasteiger partial charge < -0.3 is 5.11 Å². The van der Waals surface area contributed by atoms with Crippen LogP contribution in [0.15, 0.2) is 47.4 Å². The third kappa shape index (κ3) is 3.89. The first-order valence-electron chi connectivity index (χ1n) is 6.88. The van der Waals surface area contributed by atoms with Crippen LogP contribution < -0.4 is 4.31 Å². The standard InChI is InChI=1S/C15H13ClN2O6S/c1-10-6-7-11(8-14(10)18(21)22)25(23,24)17(9-15(19)20)13-5-3-2-4-12(13)16/h2-8H,9H2,1H3,(H,19,20). The zero-order valence-electron chi connectivity index (χ0n) is 12.9. The van der Waals surface area contributed by atoms with Gasteiger partial charge in [-0.05, 0) is 25.1 Å². The van der Waals surface area contributed by atoms with Crippen LogP contribution in [-0.2, 0) is 14.8 Å². The number of benzene rings is 2. The summed E-state index contributed by atoms with van der Waals surface area (Å²) in [7, 11) is -4.38. The lowest BCUT2D eigenvalue weighted by atomic mass is 10.2. The van der Waals surface area contributed by atoms with E-state index in [0.717, 1.165) is 6.07 Å². The van der Waals surface area contributed by atoms with Crippen LogP contribution in [0, 0.1) is 17.0 Å². The molecule has 2 aromatic carbocycles. The summed E-state index contributed by atoms with van der Waals surface area (Å²) in [6.07, 6.45) is 0. The number of carbonyl (C=O) groups is 1. The second-order valence-electron chi connectivity index (χ2n) is 5.06. The molecule has 0 aliphatic heterocycles. The molecule has 0 aliphatic carbocycles. The lowest BCUT2D eigenvalue weighted by molar-refractivity contribution is -0.385. The molecule has 2 rings (SSSR count). The van der Waals surface area contributed by atoms with E-state index in [1.165, 1.54) is 37.3 Å². The molecule has 8 nitrogen and oxygen atoms in total. The van der Waals surface area contributed by atoms with Crippen molar-refractivity contribution in [2.24, 2.45) is 0 Å². The normalized spacial score (nSPS) is 11.1. The summed E-state index contributed by atoms with van der Waals surface area (Å²) in [5.74, 6) is -1.40. The molecule has 0 atom stereocenters. The van der Waals surface area contributed by atoms with Gasteiger partial charge in [-0.25, -0.2) is 8.42 Å². The molecule has 0 amide bonds. The van der Waals surface area contributed by atoms with E-state index in [0.29, 0.717) is 4.31 Å². The van der Waals surface area contributed by atoms with Gasteiger partial charge in [-0.2, -0.15) is 0 Å². The van der Waals surface area contributed by atoms with Crippen LogP contribution >= 0.6 is 11.6 Å². The number of nitro groups is 1. The second-order valence-corrected chi connectivity index (χ2v) is 7.33. The van der Waals surface area contributed by atoms with Crippen LogP contribution in [0.2, 0.25) is 5.02 Å². The van der Waals surface area contributed by atoms with Crippen LogP contribution in [0.1, 0.15) is 5.56 Å². The van der Waals surface area contributed by atoms with Crippen LogP contribution in [0.4, 0.5) is 11.4 Å². The van der Waals surface area contributed by atoms with Gasteiger partial charge in [-0.1, -0.05) is 29.8 Å². The van der Waals surface area contributed by atoms with Crippen molar-refractivity contribution in [2.75, 3.05) is 10.8 Å². The maximum Gasteiger partial charge on any atom is 0.324 e. The molecule has 0 aromatic heterocycles. The Hall–Kier alpha value is -2.65. The van der Waals surface area contributed by atoms with Crippen LogP contribution in [0.5, 0.6) is 0 Å². The molecule has 10 heteroatoms. The molecule has 0 spiro atoms. The van der Waals surface area contributed by atoms with E-state index in [2.05, 4.69) is 0 Å².